The second kappa shape index (κ2) is 12.5. The highest BCUT2D eigenvalue weighted by Crippen LogP contribution is 2.43. The lowest BCUT2D eigenvalue weighted by Crippen LogP contribution is -2.47. The Hall–Kier alpha value is -2.37. The van der Waals surface area contributed by atoms with E-state index in [1.54, 1.807) is 7.11 Å². The quantitative estimate of drug-likeness (QED) is 0.385. The molecule has 0 amide bonds. The number of rotatable bonds is 12. The average molecular weight is 424 g/mol. The van der Waals surface area contributed by atoms with Crippen LogP contribution in [0, 0.1) is 5.41 Å². The first-order chi connectivity index (χ1) is 15.2. The maximum Gasteiger partial charge on any atom is 0.191 e. The Labute approximate surface area is 187 Å². The lowest BCUT2D eigenvalue weighted by molar-refractivity contribution is 0.0732. The van der Waals surface area contributed by atoms with Crippen LogP contribution in [0.15, 0.2) is 59.6 Å². The summed E-state index contributed by atoms with van der Waals surface area (Å²) in [5.74, 6) is 0.881. The second-order valence-electron chi connectivity index (χ2n) is 8.39. The van der Waals surface area contributed by atoms with Gasteiger partial charge in [0.05, 0.1) is 19.8 Å². The van der Waals surface area contributed by atoms with E-state index in [1.165, 1.54) is 36.0 Å². The number of hydrogen-bond donors (Lipinski definition) is 2. The summed E-state index contributed by atoms with van der Waals surface area (Å²) in [6, 6.07) is 18.7. The molecular weight excluding hydrogens is 386 g/mol. The summed E-state index contributed by atoms with van der Waals surface area (Å²) in [4.78, 5) is 4.86. The van der Waals surface area contributed by atoms with E-state index in [1.807, 2.05) is 18.2 Å². The first-order valence-electron chi connectivity index (χ1n) is 11.4. The summed E-state index contributed by atoms with van der Waals surface area (Å²) in [6.45, 7) is 6.56. The maximum atomic E-state index is 5.96. The molecular formula is C26H37N3O2. The minimum atomic E-state index is 0.357. The van der Waals surface area contributed by atoms with Crippen LogP contribution >= 0.6 is 0 Å². The van der Waals surface area contributed by atoms with E-state index in [4.69, 9.17) is 14.5 Å². The smallest absolute Gasteiger partial charge is 0.191 e. The summed E-state index contributed by atoms with van der Waals surface area (Å²) >= 11 is 0. The molecule has 2 aromatic carbocycles. The van der Waals surface area contributed by atoms with Crippen LogP contribution in [-0.4, -0.2) is 32.8 Å². The Morgan fingerprint density at radius 3 is 2.39 bits per heavy atom. The summed E-state index contributed by atoms with van der Waals surface area (Å²) in [5.41, 5.74) is 3.93. The molecule has 2 aromatic rings. The molecule has 0 aromatic heterocycles. The van der Waals surface area contributed by atoms with E-state index >= 15 is 0 Å². The van der Waals surface area contributed by atoms with Crippen LogP contribution in [-0.2, 0) is 29.2 Å². The van der Waals surface area contributed by atoms with E-state index in [2.05, 4.69) is 54.0 Å². The third-order valence-corrected chi connectivity index (χ3v) is 6.12. The average Bonchev–Trinajstić information content (AvgIpc) is 2.78. The summed E-state index contributed by atoms with van der Waals surface area (Å²) < 4.78 is 11.3. The van der Waals surface area contributed by atoms with Crippen molar-refractivity contribution in [1.82, 2.24) is 10.6 Å². The number of aliphatic imine (C=N–C) groups is 1. The maximum absolute atomic E-state index is 5.96. The number of hydrogen-bond acceptors (Lipinski definition) is 3. The van der Waals surface area contributed by atoms with Crippen LogP contribution in [0.25, 0.3) is 0 Å². The summed E-state index contributed by atoms with van der Waals surface area (Å²) in [7, 11) is 1.78. The van der Waals surface area contributed by atoms with Crippen LogP contribution in [0.2, 0.25) is 0 Å². The molecule has 5 nitrogen and oxygen atoms in total. The first-order valence-corrected chi connectivity index (χ1v) is 11.4. The monoisotopic (exact) mass is 423 g/mol. The zero-order valence-corrected chi connectivity index (χ0v) is 19.0. The molecule has 0 spiro atoms. The van der Waals surface area contributed by atoms with Gasteiger partial charge in [-0.05, 0) is 48.3 Å². The normalized spacial score (nSPS) is 15.4. The van der Waals surface area contributed by atoms with Gasteiger partial charge >= 0.3 is 0 Å². The number of nitrogens with one attached hydrogen (secondary N) is 2. The topological polar surface area (TPSA) is 54.9 Å². The van der Waals surface area contributed by atoms with Gasteiger partial charge in [0.2, 0.25) is 0 Å². The predicted octanol–water partition coefficient (Wildman–Crippen LogP) is 4.67. The van der Waals surface area contributed by atoms with Gasteiger partial charge in [-0.3, -0.25) is 0 Å². The zero-order chi connectivity index (χ0) is 21.8. The van der Waals surface area contributed by atoms with Gasteiger partial charge in [-0.25, -0.2) is 4.99 Å². The van der Waals surface area contributed by atoms with Crippen LogP contribution in [0.3, 0.4) is 0 Å². The molecule has 5 heteroatoms. The molecule has 1 saturated carbocycles. The van der Waals surface area contributed by atoms with Gasteiger partial charge in [0, 0.05) is 26.8 Å². The molecule has 0 heterocycles. The summed E-state index contributed by atoms with van der Waals surface area (Å²) in [6.07, 6.45) is 4.96. The van der Waals surface area contributed by atoms with Gasteiger partial charge in [-0.1, -0.05) is 61.0 Å². The molecule has 0 aliphatic heterocycles. The van der Waals surface area contributed by atoms with Crippen LogP contribution in [0.5, 0.6) is 0 Å². The molecule has 1 aliphatic rings. The van der Waals surface area contributed by atoms with Crippen LogP contribution < -0.4 is 10.6 Å². The highest BCUT2D eigenvalue weighted by atomic mass is 16.5. The fourth-order valence-electron chi connectivity index (χ4n) is 3.99. The van der Waals surface area contributed by atoms with E-state index in [-0.39, 0.29) is 0 Å². The fourth-order valence-corrected chi connectivity index (χ4v) is 3.99. The molecule has 0 atom stereocenters. The van der Waals surface area contributed by atoms with Crippen LogP contribution in [0.1, 0.15) is 49.3 Å². The molecule has 1 aliphatic carbocycles. The Kier molecular flexibility index (Phi) is 9.38. The Balaban J connectivity index is 1.56. The minimum Gasteiger partial charge on any atom is -0.385 e. The largest absolute Gasteiger partial charge is 0.385 e. The molecule has 0 bridgehead atoms. The van der Waals surface area contributed by atoms with Gasteiger partial charge in [-0.2, -0.15) is 0 Å². The number of ether oxygens (including phenoxy) is 2. The van der Waals surface area contributed by atoms with Crippen LogP contribution in [0.4, 0.5) is 0 Å². The van der Waals surface area contributed by atoms with E-state index in [0.717, 1.165) is 32.1 Å². The highest BCUT2D eigenvalue weighted by Gasteiger charge is 2.36. The van der Waals surface area contributed by atoms with Gasteiger partial charge < -0.3 is 20.1 Å². The van der Waals surface area contributed by atoms with Gasteiger partial charge in [0.1, 0.15) is 0 Å². The standard InChI is InChI=1S/C26H37N3O2/c1-3-27-25(29-21-26(14-9-15-26)16-17-30-2)28-18-23-12-7-8-13-24(23)20-31-19-22-10-5-4-6-11-22/h4-8,10-13H,3,9,14-21H2,1-2H3,(H2,27,28,29). The van der Waals surface area contributed by atoms with Crippen molar-refractivity contribution in [3.8, 4) is 0 Å². The van der Waals surface area contributed by atoms with E-state index < -0.39 is 0 Å². The van der Waals surface area contributed by atoms with Gasteiger partial charge in [0.15, 0.2) is 5.96 Å². The molecule has 0 radical (unpaired) electrons. The lowest BCUT2D eigenvalue weighted by Gasteiger charge is -2.42. The van der Waals surface area contributed by atoms with Gasteiger partial charge in [0.25, 0.3) is 0 Å². The Morgan fingerprint density at radius 1 is 0.968 bits per heavy atom. The van der Waals surface area contributed by atoms with Crippen molar-refractivity contribution >= 4 is 5.96 Å². The number of methoxy groups -OCH3 is 1. The predicted molar refractivity (Wildman–Crippen MR) is 127 cm³/mol. The minimum absolute atomic E-state index is 0.357. The van der Waals surface area contributed by atoms with Crippen molar-refractivity contribution in [3.05, 3.63) is 71.3 Å². The second-order valence-corrected chi connectivity index (χ2v) is 8.39. The van der Waals surface area contributed by atoms with Crippen molar-refractivity contribution < 1.29 is 9.47 Å². The van der Waals surface area contributed by atoms with Crippen molar-refractivity contribution in [2.24, 2.45) is 10.4 Å². The number of benzene rings is 2. The van der Waals surface area contributed by atoms with Crippen molar-refractivity contribution in [2.75, 3.05) is 26.8 Å². The highest BCUT2D eigenvalue weighted by molar-refractivity contribution is 5.79. The number of guanidine groups is 1. The Morgan fingerprint density at radius 2 is 1.71 bits per heavy atom. The van der Waals surface area contributed by atoms with Crippen molar-refractivity contribution in [1.29, 1.82) is 0 Å². The zero-order valence-electron chi connectivity index (χ0n) is 19.0. The Bertz CT molecular complexity index is 803. The third-order valence-electron chi connectivity index (χ3n) is 6.12. The fraction of sp³-hybridized carbons (Fsp3) is 0.500. The molecule has 1 fully saturated rings. The van der Waals surface area contributed by atoms with E-state index in [9.17, 15) is 0 Å². The van der Waals surface area contributed by atoms with Crippen molar-refractivity contribution in [3.63, 3.8) is 0 Å². The van der Waals surface area contributed by atoms with E-state index in [0.29, 0.717) is 25.2 Å². The lowest BCUT2D eigenvalue weighted by atomic mass is 9.67. The molecule has 0 saturated heterocycles. The molecule has 168 valence electrons. The molecule has 0 unspecified atom stereocenters. The van der Waals surface area contributed by atoms with Gasteiger partial charge in [-0.15, -0.1) is 0 Å². The summed E-state index contributed by atoms with van der Waals surface area (Å²) in [5, 5.41) is 6.97. The third kappa shape index (κ3) is 7.37. The molecule has 3 rings (SSSR count). The molecule has 31 heavy (non-hydrogen) atoms. The molecule has 2 N–H and O–H groups in total. The first kappa shape index (κ1) is 23.3. The SMILES string of the molecule is CCNC(=NCc1ccccc1COCc1ccccc1)NCC1(CCOC)CCC1. The number of nitrogens with zero attached hydrogens (tertiary/aromatic N) is 1. The van der Waals surface area contributed by atoms with Crippen molar-refractivity contribution in [2.45, 2.75) is 52.4 Å².